The lowest BCUT2D eigenvalue weighted by Crippen LogP contribution is -2.11. The average molecular weight is 361 g/mol. The van der Waals surface area contributed by atoms with Crippen LogP contribution in [0.5, 0.6) is 0 Å². The molecule has 0 radical (unpaired) electrons. The second-order valence-corrected chi connectivity index (χ2v) is 7.88. The molecular weight excluding hydrogens is 342 g/mol. The third-order valence-electron chi connectivity index (χ3n) is 3.69. The molecular formula is C16H19N5OS2. The molecule has 0 aliphatic carbocycles. The number of fused-ring (bicyclic) bond motifs is 1. The van der Waals surface area contributed by atoms with Gasteiger partial charge in [-0.05, 0) is 19.4 Å². The van der Waals surface area contributed by atoms with E-state index in [9.17, 15) is 4.79 Å². The molecule has 1 N–H and O–H groups in total. The minimum Gasteiger partial charge on any atom is -0.296 e. The first kappa shape index (κ1) is 16.9. The van der Waals surface area contributed by atoms with Gasteiger partial charge >= 0.3 is 0 Å². The molecule has 0 aliphatic rings. The first-order valence-electron chi connectivity index (χ1n) is 7.82. The van der Waals surface area contributed by atoms with Crippen molar-refractivity contribution in [2.24, 2.45) is 0 Å². The Kier molecular flexibility index (Phi) is 4.60. The summed E-state index contributed by atoms with van der Waals surface area (Å²) >= 11 is 2.81. The van der Waals surface area contributed by atoms with Crippen LogP contribution >= 0.6 is 22.7 Å². The van der Waals surface area contributed by atoms with Gasteiger partial charge in [0, 0.05) is 23.4 Å². The second-order valence-electron chi connectivity index (χ2n) is 5.87. The van der Waals surface area contributed by atoms with Crippen LogP contribution in [0.2, 0.25) is 0 Å². The Labute approximate surface area is 148 Å². The summed E-state index contributed by atoms with van der Waals surface area (Å²) in [6, 6.07) is 0. The predicted molar refractivity (Wildman–Crippen MR) is 98.2 cm³/mol. The summed E-state index contributed by atoms with van der Waals surface area (Å²) in [4.78, 5) is 23.2. The van der Waals surface area contributed by atoms with Crippen molar-refractivity contribution in [2.75, 3.05) is 5.32 Å². The van der Waals surface area contributed by atoms with Gasteiger partial charge in [0.1, 0.15) is 15.7 Å². The number of thiophene rings is 1. The topological polar surface area (TPSA) is 80.7 Å². The lowest BCUT2D eigenvalue weighted by molar-refractivity contribution is 0.103. The first-order valence-corrected chi connectivity index (χ1v) is 9.45. The number of anilines is 1. The minimum absolute atomic E-state index is 0.167. The van der Waals surface area contributed by atoms with E-state index in [-0.39, 0.29) is 5.91 Å². The maximum absolute atomic E-state index is 12.6. The minimum atomic E-state index is -0.167. The van der Waals surface area contributed by atoms with Gasteiger partial charge in [0.2, 0.25) is 5.13 Å². The number of aromatic nitrogens is 4. The van der Waals surface area contributed by atoms with Gasteiger partial charge in [-0.25, -0.2) is 9.97 Å². The van der Waals surface area contributed by atoms with Crippen LogP contribution < -0.4 is 5.32 Å². The molecule has 8 heteroatoms. The second kappa shape index (κ2) is 6.52. The molecule has 3 heterocycles. The van der Waals surface area contributed by atoms with Gasteiger partial charge in [0.15, 0.2) is 0 Å². The maximum Gasteiger partial charge on any atom is 0.267 e. The molecule has 3 rings (SSSR count). The number of rotatable bonds is 4. The summed E-state index contributed by atoms with van der Waals surface area (Å²) in [5.74, 6) is 0.933. The quantitative estimate of drug-likeness (QED) is 0.757. The third kappa shape index (κ3) is 3.03. The van der Waals surface area contributed by atoms with Gasteiger partial charge in [0.05, 0.1) is 4.88 Å². The van der Waals surface area contributed by atoms with Crippen LogP contribution in [-0.4, -0.2) is 26.1 Å². The summed E-state index contributed by atoms with van der Waals surface area (Å²) in [6.45, 7) is 10.0. The van der Waals surface area contributed by atoms with E-state index in [1.807, 2.05) is 20.8 Å². The Morgan fingerprint density at radius 1 is 1.17 bits per heavy atom. The van der Waals surface area contributed by atoms with Crippen molar-refractivity contribution in [1.29, 1.82) is 0 Å². The van der Waals surface area contributed by atoms with Crippen LogP contribution in [0, 0.1) is 13.8 Å². The van der Waals surface area contributed by atoms with Crippen molar-refractivity contribution in [3.8, 4) is 0 Å². The third-order valence-corrected chi connectivity index (χ3v) is 6.02. The summed E-state index contributed by atoms with van der Waals surface area (Å²) in [5, 5.41) is 13.4. The first-order chi connectivity index (χ1) is 11.4. The van der Waals surface area contributed by atoms with Gasteiger partial charge in [-0.3, -0.25) is 10.1 Å². The van der Waals surface area contributed by atoms with E-state index in [4.69, 9.17) is 0 Å². The molecule has 0 aromatic carbocycles. The molecule has 3 aromatic rings. The lowest BCUT2D eigenvalue weighted by atomic mass is 10.1. The molecule has 0 unspecified atom stereocenters. The number of amides is 1. The van der Waals surface area contributed by atoms with Crippen molar-refractivity contribution in [2.45, 2.75) is 47.0 Å². The fourth-order valence-electron chi connectivity index (χ4n) is 2.44. The highest BCUT2D eigenvalue weighted by Gasteiger charge is 2.20. The molecule has 0 saturated carbocycles. The van der Waals surface area contributed by atoms with Crippen molar-refractivity contribution in [3.05, 3.63) is 27.0 Å². The van der Waals surface area contributed by atoms with E-state index < -0.39 is 0 Å². The van der Waals surface area contributed by atoms with Crippen LogP contribution in [0.25, 0.3) is 10.2 Å². The zero-order chi connectivity index (χ0) is 17.4. The number of carbonyl (C=O) groups is 1. The molecule has 0 bridgehead atoms. The molecule has 0 saturated heterocycles. The smallest absolute Gasteiger partial charge is 0.267 e. The van der Waals surface area contributed by atoms with E-state index in [2.05, 4.69) is 39.3 Å². The Balaban J connectivity index is 1.94. The number of aryl methyl sites for hydroxylation is 3. The van der Waals surface area contributed by atoms with Gasteiger partial charge < -0.3 is 0 Å². The van der Waals surface area contributed by atoms with Gasteiger partial charge in [0.25, 0.3) is 5.91 Å². The number of carbonyl (C=O) groups excluding carboxylic acids is 1. The van der Waals surface area contributed by atoms with Crippen LogP contribution in [0.15, 0.2) is 0 Å². The molecule has 0 atom stereocenters. The van der Waals surface area contributed by atoms with Crippen LogP contribution in [0.4, 0.5) is 5.13 Å². The summed E-state index contributed by atoms with van der Waals surface area (Å²) in [5.41, 5.74) is 1.84. The van der Waals surface area contributed by atoms with Crippen LogP contribution in [0.1, 0.15) is 58.5 Å². The molecule has 24 heavy (non-hydrogen) atoms. The van der Waals surface area contributed by atoms with Crippen LogP contribution in [0.3, 0.4) is 0 Å². The lowest BCUT2D eigenvalue weighted by Gasteiger charge is -2.01. The normalized spacial score (nSPS) is 11.4. The highest BCUT2D eigenvalue weighted by Crippen LogP contribution is 2.32. The largest absolute Gasteiger partial charge is 0.296 e. The molecule has 1 amide bonds. The highest BCUT2D eigenvalue weighted by atomic mass is 32.1. The number of hydrogen-bond acceptors (Lipinski definition) is 7. The fraction of sp³-hybridized carbons (Fsp3) is 0.438. The SMILES string of the molecule is CCc1nc(C)c2c(C)c(C(=O)Nc3nnc(C(C)C)s3)sc2n1. The van der Waals surface area contributed by atoms with E-state index in [0.29, 0.717) is 15.9 Å². The molecule has 0 spiro atoms. The van der Waals surface area contributed by atoms with Crippen LogP contribution in [-0.2, 0) is 6.42 Å². The van der Waals surface area contributed by atoms with E-state index >= 15 is 0 Å². The van der Waals surface area contributed by atoms with Gasteiger partial charge in [-0.15, -0.1) is 21.5 Å². The van der Waals surface area contributed by atoms with E-state index in [1.165, 1.54) is 22.7 Å². The summed E-state index contributed by atoms with van der Waals surface area (Å²) < 4.78 is 0. The monoisotopic (exact) mass is 361 g/mol. The van der Waals surface area contributed by atoms with Gasteiger partial charge in [-0.2, -0.15) is 0 Å². The molecule has 0 aliphatic heterocycles. The van der Waals surface area contributed by atoms with Gasteiger partial charge in [-0.1, -0.05) is 32.1 Å². The summed E-state index contributed by atoms with van der Waals surface area (Å²) in [6.07, 6.45) is 0.776. The Morgan fingerprint density at radius 3 is 2.54 bits per heavy atom. The Morgan fingerprint density at radius 2 is 1.92 bits per heavy atom. The Hall–Kier alpha value is -1.93. The number of nitrogens with zero attached hydrogens (tertiary/aromatic N) is 4. The van der Waals surface area contributed by atoms with Crippen molar-refractivity contribution >= 4 is 43.9 Å². The zero-order valence-electron chi connectivity index (χ0n) is 14.3. The average Bonchev–Trinajstić information content (AvgIpc) is 3.12. The zero-order valence-corrected chi connectivity index (χ0v) is 15.9. The highest BCUT2D eigenvalue weighted by molar-refractivity contribution is 7.21. The molecule has 6 nitrogen and oxygen atoms in total. The molecule has 126 valence electrons. The number of nitrogens with one attached hydrogen (secondary N) is 1. The van der Waals surface area contributed by atoms with E-state index in [0.717, 1.165) is 38.7 Å². The van der Waals surface area contributed by atoms with Crippen molar-refractivity contribution in [3.63, 3.8) is 0 Å². The Bertz CT molecular complexity index is 913. The number of hydrogen-bond donors (Lipinski definition) is 1. The predicted octanol–water partition coefficient (Wildman–Crippen LogP) is 4.10. The standard InChI is InChI=1S/C16H19N5OS2/c1-6-10-17-9(5)11-8(4)12(23-15(11)18-10)13(22)19-16-21-20-14(24-16)7(2)3/h7H,6H2,1-5H3,(H,19,21,22). The molecule has 3 aromatic heterocycles. The maximum atomic E-state index is 12.6. The fourth-order valence-corrected chi connectivity index (χ4v) is 4.33. The van der Waals surface area contributed by atoms with Crippen molar-refractivity contribution in [1.82, 2.24) is 20.2 Å². The summed E-state index contributed by atoms with van der Waals surface area (Å²) in [7, 11) is 0. The van der Waals surface area contributed by atoms with E-state index in [1.54, 1.807) is 0 Å². The molecule has 0 fully saturated rings. The van der Waals surface area contributed by atoms with Crippen molar-refractivity contribution < 1.29 is 4.79 Å².